The predicted molar refractivity (Wildman–Crippen MR) is 74.2 cm³/mol. The molecule has 0 aliphatic heterocycles. The number of halogens is 1. The van der Waals surface area contributed by atoms with Crippen molar-refractivity contribution < 1.29 is 4.79 Å². The van der Waals surface area contributed by atoms with Crippen LogP contribution in [-0.2, 0) is 4.79 Å². The van der Waals surface area contributed by atoms with Gasteiger partial charge in [-0.2, -0.15) is 0 Å². The zero-order valence-corrected chi connectivity index (χ0v) is 13.1. The van der Waals surface area contributed by atoms with Crippen molar-refractivity contribution in [1.29, 1.82) is 0 Å². The molecule has 2 saturated carbocycles. The summed E-state index contributed by atoms with van der Waals surface area (Å²) in [6, 6.07) is 0.348. The van der Waals surface area contributed by atoms with Gasteiger partial charge >= 0.3 is 0 Å². The van der Waals surface area contributed by atoms with Gasteiger partial charge < -0.3 is 5.32 Å². The average Bonchev–Trinajstić information content (AvgIpc) is 2.49. The van der Waals surface area contributed by atoms with Crippen molar-refractivity contribution in [1.82, 2.24) is 5.32 Å². The molecule has 98 valence electrons. The molecule has 0 aromatic heterocycles. The SMILES string of the molecule is CC(C)(Br)C(=O)NC1CC2CCC1(C)C2(C)C. The van der Waals surface area contributed by atoms with E-state index in [0.29, 0.717) is 11.5 Å². The van der Waals surface area contributed by atoms with E-state index in [9.17, 15) is 4.79 Å². The first kappa shape index (κ1) is 13.4. The second-order valence-corrected chi connectivity index (χ2v) is 9.09. The molecule has 2 aliphatic carbocycles. The van der Waals surface area contributed by atoms with Crippen LogP contribution in [-0.4, -0.2) is 16.3 Å². The summed E-state index contributed by atoms with van der Waals surface area (Å²) in [6.07, 6.45) is 3.73. The molecule has 2 bridgehead atoms. The standard InChI is InChI=1S/C14H24BrNO/c1-12(2)9-6-7-14(12,5)10(8-9)16-11(17)13(3,4)15/h9-10H,6-8H2,1-5H3,(H,16,17). The van der Waals surface area contributed by atoms with E-state index >= 15 is 0 Å². The summed E-state index contributed by atoms with van der Waals surface area (Å²) < 4.78 is -0.463. The number of hydrogen-bond donors (Lipinski definition) is 1. The Kier molecular flexibility index (Phi) is 2.93. The summed E-state index contributed by atoms with van der Waals surface area (Å²) in [7, 11) is 0. The molecule has 2 fully saturated rings. The summed E-state index contributed by atoms with van der Waals surface area (Å²) in [6.45, 7) is 10.9. The van der Waals surface area contributed by atoms with Crippen molar-refractivity contribution in [3.05, 3.63) is 0 Å². The molecule has 1 N–H and O–H groups in total. The fraction of sp³-hybridized carbons (Fsp3) is 0.929. The maximum Gasteiger partial charge on any atom is 0.236 e. The monoisotopic (exact) mass is 301 g/mol. The highest BCUT2D eigenvalue weighted by Gasteiger charge is 2.61. The van der Waals surface area contributed by atoms with Crippen molar-refractivity contribution in [3.63, 3.8) is 0 Å². The topological polar surface area (TPSA) is 29.1 Å². The molecule has 0 spiro atoms. The zero-order chi connectivity index (χ0) is 13.1. The Hall–Kier alpha value is -0.0500. The number of alkyl halides is 1. The Bertz CT molecular complexity index is 345. The second-order valence-electron chi connectivity index (χ2n) is 7.11. The first-order valence-electron chi connectivity index (χ1n) is 6.59. The molecule has 0 aromatic carbocycles. The lowest BCUT2D eigenvalue weighted by molar-refractivity contribution is -0.124. The zero-order valence-electron chi connectivity index (χ0n) is 11.6. The van der Waals surface area contributed by atoms with Crippen LogP contribution in [0.4, 0.5) is 0 Å². The number of carbonyl (C=O) groups is 1. The van der Waals surface area contributed by atoms with E-state index in [-0.39, 0.29) is 11.3 Å². The molecule has 17 heavy (non-hydrogen) atoms. The molecular formula is C14H24BrNO. The van der Waals surface area contributed by atoms with Crippen LogP contribution in [0.2, 0.25) is 0 Å². The van der Waals surface area contributed by atoms with Gasteiger partial charge in [0.05, 0.1) is 4.32 Å². The Morgan fingerprint density at radius 3 is 2.29 bits per heavy atom. The van der Waals surface area contributed by atoms with Crippen molar-refractivity contribution in [2.24, 2.45) is 16.7 Å². The minimum absolute atomic E-state index is 0.118. The number of hydrogen-bond acceptors (Lipinski definition) is 1. The third-order valence-corrected chi connectivity index (χ3v) is 6.00. The minimum atomic E-state index is -0.463. The molecule has 3 heteroatoms. The van der Waals surface area contributed by atoms with Gasteiger partial charge in [0.2, 0.25) is 5.91 Å². The van der Waals surface area contributed by atoms with Crippen LogP contribution in [0.1, 0.15) is 53.9 Å². The summed E-state index contributed by atoms with van der Waals surface area (Å²) >= 11 is 3.44. The van der Waals surface area contributed by atoms with Crippen LogP contribution < -0.4 is 5.32 Å². The van der Waals surface area contributed by atoms with E-state index in [1.807, 2.05) is 13.8 Å². The third-order valence-electron chi connectivity index (χ3n) is 5.64. The van der Waals surface area contributed by atoms with Gasteiger partial charge in [-0.1, -0.05) is 36.7 Å². The fourth-order valence-corrected chi connectivity index (χ4v) is 3.87. The fourth-order valence-electron chi connectivity index (χ4n) is 3.75. The number of amides is 1. The van der Waals surface area contributed by atoms with Crippen LogP contribution >= 0.6 is 15.9 Å². The number of fused-ring (bicyclic) bond motifs is 2. The van der Waals surface area contributed by atoms with Gasteiger partial charge in [0, 0.05) is 6.04 Å². The molecule has 0 aromatic rings. The van der Waals surface area contributed by atoms with Gasteiger partial charge in [-0.05, 0) is 49.9 Å². The van der Waals surface area contributed by atoms with Gasteiger partial charge in [-0.15, -0.1) is 0 Å². The minimum Gasteiger partial charge on any atom is -0.352 e. The molecule has 0 radical (unpaired) electrons. The van der Waals surface area contributed by atoms with Gasteiger partial charge in [-0.25, -0.2) is 0 Å². The number of rotatable bonds is 2. The van der Waals surface area contributed by atoms with Crippen LogP contribution in [0.5, 0.6) is 0 Å². The third kappa shape index (κ3) is 1.85. The van der Waals surface area contributed by atoms with Crippen LogP contribution in [0.25, 0.3) is 0 Å². The number of carbonyl (C=O) groups excluding carboxylic acids is 1. The highest BCUT2D eigenvalue weighted by molar-refractivity contribution is 9.10. The van der Waals surface area contributed by atoms with Crippen LogP contribution in [0, 0.1) is 16.7 Å². The van der Waals surface area contributed by atoms with Crippen LogP contribution in [0.15, 0.2) is 0 Å². The molecule has 0 saturated heterocycles. The summed E-state index contributed by atoms with van der Waals surface area (Å²) in [5.41, 5.74) is 0.632. The highest BCUT2D eigenvalue weighted by Crippen LogP contribution is 2.65. The Morgan fingerprint density at radius 1 is 1.35 bits per heavy atom. The van der Waals surface area contributed by atoms with Gasteiger partial charge in [0.25, 0.3) is 0 Å². The molecule has 2 nitrogen and oxygen atoms in total. The maximum absolute atomic E-state index is 12.1. The van der Waals surface area contributed by atoms with E-state index in [2.05, 4.69) is 42.0 Å². The molecule has 2 rings (SSSR count). The normalized spacial score (nSPS) is 39.4. The first-order chi connectivity index (χ1) is 7.59. The molecule has 2 aliphatic rings. The predicted octanol–water partition coefficient (Wildman–Crippen LogP) is 3.49. The van der Waals surface area contributed by atoms with Crippen LogP contribution in [0.3, 0.4) is 0 Å². The number of nitrogens with one attached hydrogen (secondary N) is 1. The Morgan fingerprint density at radius 2 is 1.94 bits per heavy atom. The lowest BCUT2D eigenvalue weighted by Gasteiger charge is -2.40. The largest absolute Gasteiger partial charge is 0.352 e. The summed E-state index contributed by atoms with van der Waals surface area (Å²) in [4.78, 5) is 12.1. The summed E-state index contributed by atoms with van der Waals surface area (Å²) in [5, 5.41) is 3.26. The molecule has 3 unspecified atom stereocenters. The van der Waals surface area contributed by atoms with E-state index in [4.69, 9.17) is 0 Å². The van der Waals surface area contributed by atoms with E-state index in [0.717, 1.165) is 12.3 Å². The van der Waals surface area contributed by atoms with Crippen molar-refractivity contribution in [2.75, 3.05) is 0 Å². The average molecular weight is 302 g/mol. The van der Waals surface area contributed by atoms with Gasteiger partial charge in [0.1, 0.15) is 0 Å². The van der Waals surface area contributed by atoms with Gasteiger partial charge in [-0.3, -0.25) is 4.79 Å². The Balaban J connectivity index is 2.14. The van der Waals surface area contributed by atoms with Gasteiger partial charge in [0.15, 0.2) is 0 Å². The smallest absolute Gasteiger partial charge is 0.236 e. The molecular weight excluding hydrogens is 278 g/mol. The van der Waals surface area contributed by atoms with E-state index in [1.54, 1.807) is 0 Å². The summed E-state index contributed by atoms with van der Waals surface area (Å²) in [5.74, 6) is 0.892. The quantitative estimate of drug-likeness (QED) is 0.777. The maximum atomic E-state index is 12.1. The Labute approximate surface area is 113 Å². The lowest BCUT2D eigenvalue weighted by atomic mass is 9.69. The van der Waals surface area contributed by atoms with Crippen molar-refractivity contribution >= 4 is 21.8 Å². The van der Waals surface area contributed by atoms with E-state index < -0.39 is 4.32 Å². The first-order valence-corrected chi connectivity index (χ1v) is 7.38. The second kappa shape index (κ2) is 3.72. The molecule has 3 atom stereocenters. The molecule has 0 heterocycles. The van der Waals surface area contributed by atoms with Crippen molar-refractivity contribution in [2.45, 2.75) is 64.2 Å². The van der Waals surface area contributed by atoms with E-state index in [1.165, 1.54) is 12.8 Å². The molecule has 1 amide bonds. The highest BCUT2D eigenvalue weighted by atomic mass is 79.9. The lowest BCUT2D eigenvalue weighted by Crippen LogP contribution is -2.50. The van der Waals surface area contributed by atoms with Crippen molar-refractivity contribution in [3.8, 4) is 0 Å².